The van der Waals surface area contributed by atoms with Crippen LogP contribution in [0.15, 0.2) is 24.3 Å². The van der Waals surface area contributed by atoms with Crippen LogP contribution in [0.4, 0.5) is 0 Å². The lowest BCUT2D eigenvalue weighted by molar-refractivity contribution is 0.235. The van der Waals surface area contributed by atoms with Gasteiger partial charge in [0.2, 0.25) is 0 Å². The monoisotopic (exact) mass is 233 g/mol. The van der Waals surface area contributed by atoms with Crippen molar-refractivity contribution in [1.29, 1.82) is 0 Å². The van der Waals surface area contributed by atoms with Crippen LogP contribution in [-0.4, -0.2) is 19.7 Å². The molecule has 0 radical (unpaired) electrons. The second kappa shape index (κ2) is 5.54. The van der Waals surface area contributed by atoms with Crippen LogP contribution in [-0.2, 0) is 0 Å². The molecule has 0 saturated heterocycles. The van der Waals surface area contributed by atoms with Crippen molar-refractivity contribution in [2.45, 2.75) is 38.6 Å². The maximum Gasteiger partial charge on any atom is 0.122 e. The molecule has 0 amide bonds. The molecule has 2 heteroatoms. The van der Waals surface area contributed by atoms with Gasteiger partial charge in [0.25, 0.3) is 0 Å². The Bertz CT molecular complexity index is 362. The zero-order valence-corrected chi connectivity index (χ0v) is 11.1. The van der Waals surface area contributed by atoms with Gasteiger partial charge in [0.1, 0.15) is 5.75 Å². The summed E-state index contributed by atoms with van der Waals surface area (Å²) in [5.74, 6) is 2.50. The molecule has 0 heterocycles. The molecule has 1 N–H and O–H groups in total. The summed E-state index contributed by atoms with van der Waals surface area (Å²) in [6.45, 7) is 5.54. The molecule has 0 bridgehead atoms. The lowest BCUT2D eigenvalue weighted by atomic mass is 9.69. The molecular weight excluding hydrogens is 210 g/mol. The summed E-state index contributed by atoms with van der Waals surface area (Å²) < 4.78 is 5.46. The van der Waals surface area contributed by atoms with Gasteiger partial charge in [-0.15, -0.1) is 0 Å². The molecule has 1 saturated carbocycles. The Morgan fingerprint density at radius 1 is 1.29 bits per heavy atom. The Morgan fingerprint density at radius 3 is 2.65 bits per heavy atom. The maximum absolute atomic E-state index is 5.46. The highest BCUT2D eigenvalue weighted by Crippen LogP contribution is 2.45. The summed E-state index contributed by atoms with van der Waals surface area (Å²) >= 11 is 0. The van der Waals surface area contributed by atoms with Crippen LogP contribution in [0, 0.1) is 5.92 Å². The predicted octanol–water partition coefficient (Wildman–Crippen LogP) is 3.19. The van der Waals surface area contributed by atoms with E-state index < -0.39 is 0 Å². The van der Waals surface area contributed by atoms with E-state index in [0.717, 1.165) is 18.2 Å². The van der Waals surface area contributed by atoms with Gasteiger partial charge in [0.15, 0.2) is 0 Å². The van der Waals surface area contributed by atoms with E-state index in [-0.39, 0.29) is 0 Å². The quantitative estimate of drug-likeness (QED) is 0.843. The van der Waals surface area contributed by atoms with Gasteiger partial charge in [-0.1, -0.05) is 32.0 Å². The van der Waals surface area contributed by atoms with Gasteiger partial charge < -0.3 is 10.1 Å². The fourth-order valence-corrected chi connectivity index (χ4v) is 2.58. The number of nitrogens with one attached hydrogen (secondary N) is 1. The van der Waals surface area contributed by atoms with Gasteiger partial charge in [-0.25, -0.2) is 0 Å². The van der Waals surface area contributed by atoms with E-state index in [1.54, 1.807) is 7.11 Å². The summed E-state index contributed by atoms with van der Waals surface area (Å²) in [5.41, 5.74) is 1.39. The average molecular weight is 233 g/mol. The molecule has 2 unspecified atom stereocenters. The fraction of sp³-hybridized carbons (Fsp3) is 0.600. The van der Waals surface area contributed by atoms with Crippen molar-refractivity contribution in [3.8, 4) is 5.75 Å². The second-order valence-corrected chi connectivity index (χ2v) is 5.25. The molecule has 2 nitrogen and oxygen atoms in total. The van der Waals surface area contributed by atoms with Crippen molar-refractivity contribution >= 4 is 0 Å². The van der Waals surface area contributed by atoms with Crippen molar-refractivity contribution < 1.29 is 4.74 Å². The molecule has 94 valence electrons. The van der Waals surface area contributed by atoms with Crippen molar-refractivity contribution in [3.05, 3.63) is 29.8 Å². The first-order valence-electron chi connectivity index (χ1n) is 6.58. The highest BCUT2D eigenvalue weighted by molar-refractivity contribution is 5.37. The molecular formula is C15H23NO. The maximum atomic E-state index is 5.46. The Labute approximate surface area is 104 Å². The minimum Gasteiger partial charge on any atom is -0.496 e. The zero-order valence-electron chi connectivity index (χ0n) is 11.1. The summed E-state index contributed by atoms with van der Waals surface area (Å²) in [4.78, 5) is 0. The lowest BCUT2D eigenvalue weighted by Crippen LogP contribution is -2.36. The topological polar surface area (TPSA) is 21.3 Å². The van der Waals surface area contributed by atoms with Crippen molar-refractivity contribution in [2.75, 3.05) is 13.7 Å². The SMILES string of the molecule is COc1ccccc1C1CCC1CNC(C)C. The third kappa shape index (κ3) is 2.81. The van der Waals surface area contributed by atoms with Crippen LogP contribution in [0.25, 0.3) is 0 Å². The third-order valence-corrected chi connectivity index (χ3v) is 3.74. The molecule has 2 atom stereocenters. The Balaban J connectivity index is 2.02. The number of ether oxygens (including phenoxy) is 1. The first-order chi connectivity index (χ1) is 8.22. The molecule has 1 aliphatic carbocycles. The van der Waals surface area contributed by atoms with E-state index >= 15 is 0 Å². The van der Waals surface area contributed by atoms with Crippen LogP contribution >= 0.6 is 0 Å². The number of hydrogen-bond donors (Lipinski definition) is 1. The van der Waals surface area contributed by atoms with E-state index in [1.165, 1.54) is 18.4 Å². The summed E-state index contributed by atoms with van der Waals surface area (Å²) in [6.07, 6.45) is 2.63. The normalized spacial score (nSPS) is 23.5. The van der Waals surface area contributed by atoms with E-state index in [4.69, 9.17) is 4.74 Å². The van der Waals surface area contributed by atoms with Crippen LogP contribution in [0.5, 0.6) is 5.75 Å². The lowest BCUT2D eigenvalue weighted by Gasteiger charge is -2.38. The number of methoxy groups -OCH3 is 1. The van der Waals surface area contributed by atoms with E-state index in [9.17, 15) is 0 Å². The van der Waals surface area contributed by atoms with Gasteiger partial charge in [-0.05, 0) is 42.9 Å². The van der Waals surface area contributed by atoms with Crippen molar-refractivity contribution in [1.82, 2.24) is 5.32 Å². The number of benzene rings is 1. The molecule has 17 heavy (non-hydrogen) atoms. The first kappa shape index (κ1) is 12.4. The Kier molecular flexibility index (Phi) is 4.06. The zero-order chi connectivity index (χ0) is 12.3. The average Bonchev–Trinajstić information content (AvgIpc) is 2.28. The number of rotatable bonds is 5. The van der Waals surface area contributed by atoms with Crippen molar-refractivity contribution in [3.63, 3.8) is 0 Å². The van der Waals surface area contributed by atoms with E-state index in [1.807, 2.05) is 6.07 Å². The van der Waals surface area contributed by atoms with Crippen LogP contribution in [0.2, 0.25) is 0 Å². The number of para-hydroxylation sites is 1. The van der Waals surface area contributed by atoms with Crippen LogP contribution < -0.4 is 10.1 Å². The van der Waals surface area contributed by atoms with E-state index in [0.29, 0.717) is 12.0 Å². The minimum absolute atomic E-state index is 0.578. The molecule has 2 rings (SSSR count). The van der Waals surface area contributed by atoms with Crippen LogP contribution in [0.3, 0.4) is 0 Å². The smallest absolute Gasteiger partial charge is 0.122 e. The predicted molar refractivity (Wildman–Crippen MR) is 71.6 cm³/mol. The van der Waals surface area contributed by atoms with Gasteiger partial charge in [-0.3, -0.25) is 0 Å². The van der Waals surface area contributed by atoms with Crippen molar-refractivity contribution in [2.24, 2.45) is 5.92 Å². The van der Waals surface area contributed by atoms with Crippen LogP contribution in [0.1, 0.15) is 38.2 Å². The van der Waals surface area contributed by atoms with Gasteiger partial charge in [-0.2, -0.15) is 0 Å². The largest absolute Gasteiger partial charge is 0.496 e. The standard InChI is InChI=1S/C15H23NO/c1-11(2)16-10-12-8-9-13(12)14-6-4-5-7-15(14)17-3/h4-7,11-13,16H,8-10H2,1-3H3. The summed E-state index contributed by atoms with van der Waals surface area (Å²) in [6, 6.07) is 9.02. The molecule has 1 aromatic carbocycles. The molecule has 1 aliphatic rings. The highest BCUT2D eigenvalue weighted by atomic mass is 16.5. The Hall–Kier alpha value is -1.02. The molecule has 0 spiro atoms. The van der Waals surface area contributed by atoms with Gasteiger partial charge >= 0.3 is 0 Å². The second-order valence-electron chi connectivity index (χ2n) is 5.25. The van der Waals surface area contributed by atoms with Gasteiger partial charge in [0, 0.05) is 6.04 Å². The van der Waals surface area contributed by atoms with E-state index in [2.05, 4.69) is 37.4 Å². The molecule has 1 aromatic rings. The highest BCUT2D eigenvalue weighted by Gasteiger charge is 2.33. The molecule has 0 aliphatic heterocycles. The first-order valence-corrected chi connectivity index (χ1v) is 6.58. The third-order valence-electron chi connectivity index (χ3n) is 3.74. The summed E-state index contributed by atoms with van der Waals surface area (Å²) in [7, 11) is 1.76. The summed E-state index contributed by atoms with van der Waals surface area (Å²) in [5, 5.41) is 3.54. The Morgan fingerprint density at radius 2 is 2.06 bits per heavy atom. The fourth-order valence-electron chi connectivity index (χ4n) is 2.58. The molecule has 0 aromatic heterocycles. The molecule has 1 fully saturated rings. The minimum atomic E-state index is 0.578. The number of hydrogen-bond acceptors (Lipinski definition) is 2. The van der Waals surface area contributed by atoms with Gasteiger partial charge in [0.05, 0.1) is 7.11 Å².